The molecule has 0 spiro atoms. The van der Waals surface area contributed by atoms with E-state index in [2.05, 4.69) is 72.8 Å². The fraction of sp³-hybridized carbons (Fsp3) is 0.507. The van der Waals surface area contributed by atoms with Crippen LogP contribution in [-0.2, 0) is 67.2 Å². The van der Waals surface area contributed by atoms with Crippen molar-refractivity contribution in [2.75, 3.05) is 26.2 Å². The van der Waals surface area contributed by atoms with Crippen molar-refractivity contribution < 1.29 is 53.1 Å². The van der Waals surface area contributed by atoms with Crippen molar-refractivity contribution in [3.05, 3.63) is 108 Å². The van der Waals surface area contributed by atoms with E-state index in [1.165, 1.54) is 0 Å². The molecule has 3 aromatic heterocycles. The second kappa shape index (κ2) is 41.6. The Hall–Kier alpha value is -10.6. The number of aliphatic carboxylic acids is 1. The maximum atomic E-state index is 15.2. The molecule has 27 N–H and O–H groups in total. The molecule has 0 fully saturated rings. The van der Waals surface area contributed by atoms with Gasteiger partial charge in [-0.1, -0.05) is 96.1 Å². The number of carboxylic acid groups (broad SMARTS) is 1. The number of aromatic nitrogens is 3. The lowest BCUT2D eigenvalue weighted by Crippen LogP contribution is -2.62. The molecule has 105 heavy (non-hydrogen) atoms. The van der Waals surface area contributed by atoms with E-state index in [4.69, 9.17) is 40.1 Å². The zero-order chi connectivity index (χ0) is 76.9. The largest absolute Gasteiger partial charge is 0.480 e. The standard InChI is InChI=1S/C73H109N21O11/c1-40(2)33-57(90-62(95)49(76)34-43-37-83-50-22-10-7-19-46(43)50)66(99)91-58(35-44-38-84-51-23-11-8-20-47(44)51)67(100)94-61(42(5)6)70(103)92-59(36-45-39-85-52-24-12-9-21-48(45)52)68(101)93-60(41(3)4)69(102)88-55(27-17-31-81-72(77)78)64(97)86-53(25-13-15-29-74)63(96)87-54(26-14-16-30-75)65(98)89-56(71(104)105)28-18-32-82-73(79)80/h7-12,19-24,37-42,49,53-61,83-85H,13-18,25-36,74-76H2,1-6H3,(H,86,97)(H,87,96)(H,88,102)(H,89,98)(H,90,95)(H,91,99)(H,92,103)(H,93,101)(H,94,100)(H,104,105)(H4,77,78,81)(H4,79,80,82)/t49-,53-,54-,55-,56-,57-,58-,59-,60-,61-/m0/s1. The Bertz CT molecular complexity index is 3950. The number of hydrogen-bond acceptors (Lipinski definition) is 15. The maximum Gasteiger partial charge on any atom is 0.326 e. The lowest BCUT2D eigenvalue weighted by molar-refractivity contribution is -0.142. The Morgan fingerprint density at radius 1 is 0.390 bits per heavy atom. The average molecular weight is 1460 g/mol. The minimum atomic E-state index is -1.44. The minimum absolute atomic E-state index is 0.0189. The third-order valence-corrected chi connectivity index (χ3v) is 18.0. The number of H-pyrrole nitrogens is 3. The van der Waals surface area contributed by atoms with Crippen molar-refractivity contribution in [1.29, 1.82) is 0 Å². The third-order valence-electron chi connectivity index (χ3n) is 18.0. The van der Waals surface area contributed by atoms with Gasteiger partial charge in [-0.3, -0.25) is 53.1 Å². The summed E-state index contributed by atoms with van der Waals surface area (Å²) in [5.74, 6) is -10.1. The summed E-state index contributed by atoms with van der Waals surface area (Å²) in [6, 6.07) is 9.23. The predicted molar refractivity (Wildman–Crippen MR) is 404 cm³/mol. The first-order valence-electron chi connectivity index (χ1n) is 36.0. The number of carbonyl (C=O) groups is 10. The fourth-order valence-corrected chi connectivity index (χ4v) is 12.3. The van der Waals surface area contributed by atoms with Crippen LogP contribution in [0.15, 0.2) is 101 Å². The van der Waals surface area contributed by atoms with E-state index in [1.807, 2.05) is 86.6 Å². The molecule has 0 saturated heterocycles. The summed E-state index contributed by atoms with van der Waals surface area (Å²) in [6.07, 6.45) is 7.19. The number of nitrogens with zero attached hydrogens (tertiary/aromatic N) is 2. The van der Waals surface area contributed by atoms with Crippen LogP contribution in [0.4, 0.5) is 0 Å². The SMILES string of the molecule is CC(C)C[C@H](NC(=O)[C@@H](N)Cc1c[nH]c2ccccc12)C(=O)N[C@@H](Cc1c[nH]c2ccccc12)C(=O)N[C@H](C(=O)N[C@@H](Cc1c[nH]c2ccccc12)C(=O)N[C@H](C(=O)N[C@@H](CCCN=C(N)N)C(=O)N[C@@H](CCCCN)C(=O)N[C@@H](CCCCN)C(=O)N[C@@H](CCCN=C(N)N)C(=O)O)C(C)C)C(C)C. The van der Waals surface area contributed by atoms with Crippen molar-refractivity contribution >= 4 is 104 Å². The number of unbranched alkanes of at least 4 members (excludes halogenated alkanes) is 2. The predicted octanol–water partition coefficient (Wildman–Crippen LogP) is 0.657. The molecule has 3 heterocycles. The maximum absolute atomic E-state index is 15.2. The molecular formula is C73H109N21O11. The highest BCUT2D eigenvalue weighted by Gasteiger charge is 2.38. The van der Waals surface area contributed by atoms with Crippen LogP contribution in [0.3, 0.4) is 0 Å². The highest BCUT2D eigenvalue weighted by atomic mass is 16.4. The number of amides is 9. The molecule has 10 atom stereocenters. The van der Waals surface area contributed by atoms with Gasteiger partial charge in [0.2, 0.25) is 53.2 Å². The van der Waals surface area contributed by atoms with Crippen LogP contribution >= 0.6 is 0 Å². The van der Waals surface area contributed by atoms with Crippen molar-refractivity contribution in [3.8, 4) is 0 Å². The normalized spacial score (nSPS) is 14.3. The van der Waals surface area contributed by atoms with Gasteiger partial charge in [-0.25, -0.2) is 4.79 Å². The number of hydrogen-bond donors (Lipinski definition) is 20. The average Bonchev–Trinajstić information content (AvgIpc) is 1.79. The molecule has 9 amide bonds. The van der Waals surface area contributed by atoms with Crippen molar-refractivity contribution in [3.63, 3.8) is 0 Å². The molecule has 6 rings (SSSR count). The van der Waals surface area contributed by atoms with Gasteiger partial charge in [-0.15, -0.1) is 0 Å². The highest BCUT2D eigenvalue weighted by molar-refractivity contribution is 6.00. The number of carbonyl (C=O) groups excluding carboxylic acids is 9. The molecule has 0 aliphatic carbocycles. The van der Waals surface area contributed by atoms with E-state index in [0.717, 1.165) is 38.3 Å². The first kappa shape index (κ1) is 83.3. The highest BCUT2D eigenvalue weighted by Crippen LogP contribution is 2.24. The summed E-state index contributed by atoms with van der Waals surface area (Å²) in [6.45, 7) is 11.1. The number of nitrogens with two attached hydrogens (primary N) is 7. The van der Waals surface area contributed by atoms with E-state index >= 15 is 14.4 Å². The van der Waals surface area contributed by atoms with Gasteiger partial charge in [-0.2, -0.15) is 0 Å². The Labute approximate surface area is 611 Å². The molecule has 0 radical (unpaired) electrons. The lowest BCUT2D eigenvalue weighted by Gasteiger charge is -2.30. The number of carboxylic acids is 1. The fourth-order valence-electron chi connectivity index (χ4n) is 12.3. The van der Waals surface area contributed by atoms with E-state index in [0.29, 0.717) is 36.8 Å². The lowest BCUT2D eigenvalue weighted by atomic mass is 9.97. The summed E-state index contributed by atoms with van der Waals surface area (Å²) in [4.78, 5) is 162. The Morgan fingerprint density at radius 3 is 1.08 bits per heavy atom. The number of aromatic amines is 3. The van der Waals surface area contributed by atoms with Crippen LogP contribution in [0.5, 0.6) is 0 Å². The van der Waals surface area contributed by atoms with Crippen molar-refractivity contribution in [1.82, 2.24) is 62.8 Å². The van der Waals surface area contributed by atoms with Crippen LogP contribution in [0, 0.1) is 17.8 Å². The van der Waals surface area contributed by atoms with Crippen LogP contribution in [0.25, 0.3) is 32.7 Å². The molecule has 3 aromatic carbocycles. The Kier molecular flexibility index (Phi) is 33.0. The molecule has 0 bridgehead atoms. The van der Waals surface area contributed by atoms with Crippen LogP contribution in [-0.4, -0.2) is 178 Å². The number of fused-ring (bicyclic) bond motifs is 3. The Balaban J connectivity index is 1.25. The minimum Gasteiger partial charge on any atom is -0.480 e. The summed E-state index contributed by atoms with van der Waals surface area (Å²) >= 11 is 0. The number of nitrogens with one attached hydrogen (secondary N) is 12. The Morgan fingerprint density at radius 2 is 0.705 bits per heavy atom. The second-order valence-corrected chi connectivity index (χ2v) is 27.6. The molecule has 32 nitrogen and oxygen atoms in total. The summed E-state index contributed by atoms with van der Waals surface area (Å²) in [5.41, 5.74) is 44.7. The molecule has 572 valence electrons. The zero-order valence-electron chi connectivity index (χ0n) is 60.9. The summed E-state index contributed by atoms with van der Waals surface area (Å²) in [5, 5.41) is 37.5. The van der Waals surface area contributed by atoms with E-state index < -0.39 is 131 Å². The number of para-hydroxylation sites is 3. The number of rotatable bonds is 45. The summed E-state index contributed by atoms with van der Waals surface area (Å²) in [7, 11) is 0. The number of aliphatic imine (C=N–C) groups is 2. The van der Waals surface area contributed by atoms with Gasteiger partial charge in [0.1, 0.15) is 54.4 Å². The van der Waals surface area contributed by atoms with E-state index in [-0.39, 0.29) is 108 Å². The van der Waals surface area contributed by atoms with Gasteiger partial charge in [0, 0.05) is 77.2 Å². The summed E-state index contributed by atoms with van der Waals surface area (Å²) < 4.78 is 0. The van der Waals surface area contributed by atoms with Gasteiger partial charge < -0.3 is 108 Å². The molecule has 0 aliphatic rings. The number of benzene rings is 3. The van der Waals surface area contributed by atoms with E-state index in [9.17, 15) is 38.7 Å². The number of guanidine groups is 2. The topological polar surface area (TPSA) is 553 Å². The van der Waals surface area contributed by atoms with E-state index in [1.54, 1.807) is 46.3 Å². The molecule has 0 aliphatic heterocycles. The van der Waals surface area contributed by atoms with Crippen LogP contribution < -0.4 is 88.0 Å². The quantitative estimate of drug-likeness (QED) is 0.0142. The molecular weight excluding hydrogens is 1350 g/mol. The first-order chi connectivity index (χ1) is 50.1. The van der Waals surface area contributed by atoms with Crippen molar-refractivity contribution in [2.45, 2.75) is 192 Å². The smallest absolute Gasteiger partial charge is 0.326 e. The van der Waals surface area contributed by atoms with Gasteiger partial charge in [-0.05, 0) is 143 Å². The molecule has 6 aromatic rings. The first-order valence-corrected chi connectivity index (χ1v) is 36.0. The molecule has 0 unspecified atom stereocenters. The molecule has 32 heteroatoms. The van der Waals surface area contributed by atoms with Crippen LogP contribution in [0.2, 0.25) is 0 Å². The zero-order valence-corrected chi connectivity index (χ0v) is 60.9. The van der Waals surface area contributed by atoms with Gasteiger partial charge in [0.25, 0.3) is 0 Å². The van der Waals surface area contributed by atoms with Crippen LogP contribution in [0.1, 0.15) is 129 Å². The second-order valence-electron chi connectivity index (χ2n) is 27.6. The van der Waals surface area contributed by atoms with Gasteiger partial charge in [0.05, 0.1) is 6.04 Å². The third kappa shape index (κ3) is 26.0. The molecule has 0 saturated carbocycles. The van der Waals surface area contributed by atoms with Gasteiger partial charge in [0.15, 0.2) is 11.9 Å². The monoisotopic (exact) mass is 1460 g/mol. The van der Waals surface area contributed by atoms with Gasteiger partial charge >= 0.3 is 5.97 Å². The van der Waals surface area contributed by atoms with Crippen molar-refractivity contribution in [2.24, 2.45) is 67.9 Å².